The van der Waals surface area contributed by atoms with Gasteiger partial charge >= 0.3 is 0 Å². The van der Waals surface area contributed by atoms with Crippen molar-refractivity contribution in [1.82, 2.24) is 0 Å². The minimum absolute atomic E-state index is 0.00713. The maximum absolute atomic E-state index is 11.6. The molecule has 1 aliphatic rings. The molecule has 80 valence electrons. The Balaban J connectivity index is 3.09. The molecule has 0 heterocycles. The highest BCUT2D eigenvalue weighted by Gasteiger charge is 2.49. The predicted molar refractivity (Wildman–Crippen MR) is 56.0 cm³/mol. The fourth-order valence-corrected chi connectivity index (χ4v) is 3.44. The van der Waals surface area contributed by atoms with Crippen LogP contribution in [0.2, 0.25) is 0 Å². The van der Waals surface area contributed by atoms with Crippen LogP contribution in [-0.2, 0) is 9.59 Å². The van der Waals surface area contributed by atoms with E-state index in [4.69, 9.17) is 0 Å². The van der Waals surface area contributed by atoms with Crippen LogP contribution in [0.4, 0.5) is 0 Å². The predicted octanol–water partition coefficient (Wildman–Crippen LogP) is 2.61. The molecule has 14 heavy (non-hydrogen) atoms. The summed E-state index contributed by atoms with van der Waals surface area (Å²) in [4.78, 5) is 23.2. The summed E-state index contributed by atoms with van der Waals surface area (Å²) in [6, 6.07) is 0. The molecular weight excluding hydrogens is 176 g/mol. The van der Waals surface area contributed by atoms with Gasteiger partial charge in [-0.2, -0.15) is 0 Å². The highest BCUT2D eigenvalue weighted by Crippen LogP contribution is 2.49. The molecule has 0 amide bonds. The maximum atomic E-state index is 11.6. The van der Waals surface area contributed by atoms with E-state index in [1.165, 1.54) is 0 Å². The first-order valence-electron chi connectivity index (χ1n) is 5.19. The van der Waals surface area contributed by atoms with E-state index in [0.717, 1.165) is 0 Å². The number of hydrogen-bond acceptors (Lipinski definition) is 2. The monoisotopic (exact) mass is 196 g/mol. The third kappa shape index (κ3) is 1.89. The first-order valence-corrected chi connectivity index (χ1v) is 5.19. The molecule has 2 nitrogen and oxygen atoms in total. The molecule has 0 spiro atoms. The van der Waals surface area contributed by atoms with Gasteiger partial charge in [-0.15, -0.1) is 0 Å². The molecule has 0 unspecified atom stereocenters. The third-order valence-electron chi connectivity index (χ3n) is 3.28. The summed E-state index contributed by atoms with van der Waals surface area (Å²) < 4.78 is 0. The lowest BCUT2D eigenvalue weighted by Crippen LogP contribution is -2.47. The van der Waals surface area contributed by atoms with Crippen molar-refractivity contribution in [3.63, 3.8) is 0 Å². The fraction of sp³-hybridized carbons (Fsp3) is 0.833. The summed E-state index contributed by atoms with van der Waals surface area (Å²) in [5, 5.41) is 0. The molecule has 0 aromatic carbocycles. The molecular formula is C12H20O2. The minimum atomic E-state index is -0.176. The molecule has 0 aromatic heterocycles. The topological polar surface area (TPSA) is 34.1 Å². The summed E-state index contributed by atoms with van der Waals surface area (Å²) in [5.41, 5.74) is -0.352. The van der Waals surface area contributed by atoms with Crippen LogP contribution in [0.3, 0.4) is 0 Å². The lowest BCUT2D eigenvalue weighted by atomic mass is 9.56. The number of hydrogen-bond donors (Lipinski definition) is 0. The Kier molecular flexibility index (Phi) is 2.59. The lowest BCUT2D eigenvalue weighted by molar-refractivity contribution is -0.141. The van der Waals surface area contributed by atoms with E-state index in [2.05, 4.69) is 0 Å². The summed E-state index contributed by atoms with van der Waals surface area (Å²) in [6.07, 6.45) is 1.08. The van der Waals surface area contributed by atoms with Crippen LogP contribution in [0, 0.1) is 16.7 Å². The van der Waals surface area contributed by atoms with Crippen molar-refractivity contribution in [1.29, 1.82) is 0 Å². The van der Waals surface area contributed by atoms with Gasteiger partial charge in [0, 0.05) is 18.8 Å². The van der Waals surface area contributed by atoms with E-state index in [-0.39, 0.29) is 28.3 Å². The van der Waals surface area contributed by atoms with Gasteiger partial charge in [0.25, 0.3) is 0 Å². The number of carbonyl (C=O) groups is 2. The van der Waals surface area contributed by atoms with Crippen LogP contribution in [0.5, 0.6) is 0 Å². The Morgan fingerprint density at radius 2 is 1.50 bits per heavy atom. The molecule has 1 fully saturated rings. The normalized spacial score (nSPS) is 26.2. The van der Waals surface area contributed by atoms with E-state index >= 15 is 0 Å². The number of ketones is 2. The van der Waals surface area contributed by atoms with Crippen molar-refractivity contribution >= 4 is 11.6 Å². The number of carbonyl (C=O) groups excluding carboxylic acids is 2. The van der Waals surface area contributed by atoms with Gasteiger partial charge in [0.05, 0.1) is 0 Å². The smallest absolute Gasteiger partial charge is 0.134 e. The van der Waals surface area contributed by atoms with Crippen molar-refractivity contribution < 1.29 is 9.59 Å². The number of rotatable bonds is 1. The van der Waals surface area contributed by atoms with Gasteiger partial charge in [-0.05, 0) is 17.8 Å². The Bertz CT molecular complexity index is 254. The van der Waals surface area contributed by atoms with E-state index in [1.807, 2.05) is 27.7 Å². The standard InChI is InChI=1S/C12H20O2/c1-8(13)10-11(2,3)6-9(14)7-12(10,4)5/h10H,6-7H2,1-5H3. The van der Waals surface area contributed by atoms with Gasteiger partial charge in [-0.25, -0.2) is 0 Å². The molecule has 1 rings (SSSR count). The van der Waals surface area contributed by atoms with Crippen LogP contribution < -0.4 is 0 Å². The van der Waals surface area contributed by atoms with Gasteiger partial charge < -0.3 is 0 Å². The summed E-state index contributed by atoms with van der Waals surface area (Å²) in [6.45, 7) is 9.75. The average Bonchev–Trinajstić information content (AvgIpc) is 1.75. The molecule has 2 heteroatoms. The largest absolute Gasteiger partial charge is 0.300 e. The number of Topliss-reactive ketones (excluding diaryl/α,β-unsaturated/α-hetero) is 2. The molecule has 0 saturated heterocycles. The van der Waals surface area contributed by atoms with Crippen LogP contribution >= 0.6 is 0 Å². The van der Waals surface area contributed by atoms with E-state index in [9.17, 15) is 9.59 Å². The van der Waals surface area contributed by atoms with Crippen LogP contribution in [0.25, 0.3) is 0 Å². The molecule has 1 saturated carbocycles. The summed E-state index contributed by atoms with van der Waals surface area (Å²) in [7, 11) is 0. The highest BCUT2D eigenvalue weighted by molar-refractivity contribution is 5.87. The van der Waals surface area contributed by atoms with Crippen molar-refractivity contribution in [2.75, 3.05) is 0 Å². The summed E-state index contributed by atoms with van der Waals surface area (Å²) >= 11 is 0. The molecule has 1 aliphatic carbocycles. The second-order valence-corrected chi connectivity index (χ2v) is 5.91. The van der Waals surface area contributed by atoms with Crippen molar-refractivity contribution in [2.24, 2.45) is 16.7 Å². The van der Waals surface area contributed by atoms with Crippen LogP contribution in [0.1, 0.15) is 47.5 Å². The lowest BCUT2D eigenvalue weighted by Gasteiger charge is -2.47. The van der Waals surface area contributed by atoms with Crippen molar-refractivity contribution in [3.05, 3.63) is 0 Å². The second-order valence-electron chi connectivity index (χ2n) is 5.91. The quantitative estimate of drug-likeness (QED) is 0.646. The zero-order valence-electron chi connectivity index (χ0n) is 9.81. The van der Waals surface area contributed by atoms with Gasteiger partial charge in [-0.1, -0.05) is 27.7 Å². The van der Waals surface area contributed by atoms with Crippen LogP contribution in [-0.4, -0.2) is 11.6 Å². The summed E-state index contributed by atoms with van der Waals surface area (Å²) in [5.74, 6) is 0.512. The van der Waals surface area contributed by atoms with Gasteiger partial charge in [0.15, 0.2) is 0 Å². The van der Waals surface area contributed by atoms with E-state index < -0.39 is 0 Å². The Morgan fingerprint density at radius 1 is 1.14 bits per heavy atom. The van der Waals surface area contributed by atoms with E-state index in [0.29, 0.717) is 12.8 Å². The Labute approximate surface area is 86.1 Å². The van der Waals surface area contributed by atoms with Gasteiger partial charge in [0.2, 0.25) is 0 Å². The fourth-order valence-electron chi connectivity index (χ4n) is 3.44. The maximum Gasteiger partial charge on any atom is 0.134 e. The first-order chi connectivity index (χ1) is 6.17. The highest BCUT2D eigenvalue weighted by atomic mass is 16.1. The Hall–Kier alpha value is -0.660. The molecule has 0 aromatic rings. The Morgan fingerprint density at radius 3 is 1.79 bits per heavy atom. The van der Waals surface area contributed by atoms with Crippen molar-refractivity contribution in [3.8, 4) is 0 Å². The SMILES string of the molecule is CC(=O)C1C(C)(C)CC(=O)CC1(C)C. The molecule has 0 bridgehead atoms. The molecule has 0 aliphatic heterocycles. The van der Waals surface area contributed by atoms with Crippen LogP contribution in [0.15, 0.2) is 0 Å². The third-order valence-corrected chi connectivity index (χ3v) is 3.28. The second kappa shape index (κ2) is 3.18. The molecule has 0 atom stereocenters. The first kappa shape index (κ1) is 11.4. The average molecular weight is 196 g/mol. The van der Waals surface area contributed by atoms with E-state index in [1.54, 1.807) is 6.92 Å². The van der Waals surface area contributed by atoms with Gasteiger partial charge in [-0.3, -0.25) is 9.59 Å². The minimum Gasteiger partial charge on any atom is -0.300 e. The zero-order valence-corrected chi connectivity index (χ0v) is 9.81. The zero-order chi connectivity index (χ0) is 11.1. The molecule has 0 radical (unpaired) electrons. The van der Waals surface area contributed by atoms with Crippen molar-refractivity contribution in [2.45, 2.75) is 47.5 Å². The van der Waals surface area contributed by atoms with Gasteiger partial charge in [0.1, 0.15) is 11.6 Å². The molecule has 0 N–H and O–H groups in total.